The van der Waals surface area contributed by atoms with Gasteiger partial charge >= 0.3 is 0 Å². The maximum atomic E-state index is 9.45. The smallest absolute Gasteiger partial charge is 0.142 e. The van der Waals surface area contributed by atoms with Crippen LogP contribution in [0.25, 0.3) is 10.9 Å². The molecule has 0 aliphatic rings. The zero-order chi connectivity index (χ0) is 9.42. The molecule has 0 radical (unpaired) electrons. The Labute approximate surface area is 75.3 Å². The molecule has 0 saturated heterocycles. The number of benzene rings is 1. The number of rotatable bonds is 0. The topological polar surface area (TPSA) is 53.4 Å². The minimum absolute atomic E-state index is 0.0940. The van der Waals surface area contributed by atoms with E-state index in [1.165, 1.54) is 12.1 Å². The summed E-state index contributed by atoms with van der Waals surface area (Å²) in [5, 5.41) is 19.5. The summed E-state index contributed by atoms with van der Waals surface area (Å²) in [5.74, 6) is 0.233. The standard InChI is InChI=1S/C10H9NO2/c1-6-2-3-7-8(12)4-5-9(13)10(7)11-6/h2-5,12-13H,1H3. The number of pyridine rings is 1. The second-order valence-electron chi connectivity index (χ2n) is 2.95. The van der Waals surface area contributed by atoms with Crippen molar-refractivity contribution in [2.24, 2.45) is 0 Å². The first-order valence-electron chi connectivity index (χ1n) is 3.97. The molecule has 3 heteroatoms. The van der Waals surface area contributed by atoms with E-state index in [2.05, 4.69) is 4.98 Å². The van der Waals surface area contributed by atoms with Crippen molar-refractivity contribution in [1.29, 1.82) is 0 Å². The minimum Gasteiger partial charge on any atom is -0.507 e. The molecular formula is C10H9NO2. The lowest BCUT2D eigenvalue weighted by atomic mass is 10.1. The number of hydrogen-bond donors (Lipinski definition) is 2. The molecule has 0 aliphatic heterocycles. The predicted octanol–water partition coefficient (Wildman–Crippen LogP) is 1.95. The molecule has 2 rings (SSSR count). The van der Waals surface area contributed by atoms with Crippen LogP contribution in [0.1, 0.15) is 5.69 Å². The van der Waals surface area contributed by atoms with Gasteiger partial charge in [0.25, 0.3) is 0 Å². The lowest BCUT2D eigenvalue weighted by molar-refractivity contribution is 0.468. The van der Waals surface area contributed by atoms with Gasteiger partial charge in [0.15, 0.2) is 0 Å². The third-order valence-corrected chi connectivity index (χ3v) is 1.95. The summed E-state index contributed by atoms with van der Waals surface area (Å²) in [6, 6.07) is 6.42. The van der Waals surface area contributed by atoms with Crippen molar-refractivity contribution in [2.45, 2.75) is 6.92 Å². The second-order valence-corrected chi connectivity index (χ2v) is 2.95. The summed E-state index contributed by atoms with van der Waals surface area (Å²) in [4.78, 5) is 4.13. The number of hydrogen-bond acceptors (Lipinski definition) is 3. The van der Waals surface area contributed by atoms with Gasteiger partial charge in [0.1, 0.15) is 17.0 Å². The van der Waals surface area contributed by atoms with Crippen molar-refractivity contribution in [3.8, 4) is 11.5 Å². The molecule has 2 N–H and O–H groups in total. The summed E-state index contributed by atoms with van der Waals surface area (Å²) >= 11 is 0. The quantitative estimate of drug-likeness (QED) is 0.602. The Bertz CT molecular complexity index is 466. The Morgan fingerprint density at radius 1 is 1.00 bits per heavy atom. The highest BCUT2D eigenvalue weighted by Gasteiger charge is 2.04. The van der Waals surface area contributed by atoms with Crippen LogP contribution >= 0.6 is 0 Å². The van der Waals surface area contributed by atoms with E-state index in [1.807, 2.05) is 6.92 Å². The molecule has 0 spiro atoms. The number of aromatic nitrogens is 1. The van der Waals surface area contributed by atoms with Crippen LogP contribution in [0.5, 0.6) is 11.5 Å². The van der Waals surface area contributed by atoms with Crippen LogP contribution in [0.3, 0.4) is 0 Å². The van der Waals surface area contributed by atoms with E-state index in [1.54, 1.807) is 12.1 Å². The van der Waals surface area contributed by atoms with Gasteiger partial charge in [-0.3, -0.25) is 0 Å². The van der Waals surface area contributed by atoms with Crippen LogP contribution in [0.2, 0.25) is 0 Å². The Kier molecular flexibility index (Phi) is 1.59. The molecule has 0 saturated carbocycles. The molecule has 1 heterocycles. The third kappa shape index (κ3) is 1.18. The first-order chi connectivity index (χ1) is 6.18. The van der Waals surface area contributed by atoms with Crippen molar-refractivity contribution in [3.63, 3.8) is 0 Å². The van der Waals surface area contributed by atoms with Gasteiger partial charge < -0.3 is 10.2 Å². The van der Waals surface area contributed by atoms with Crippen molar-refractivity contribution >= 4 is 10.9 Å². The van der Waals surface area contributed by atoms with E-state index < -0.39 is 0 Å². The van der Waals surface area contributed by atoms with Crippen molar-refractivity contribution in [2.75, 3.05) is 0 Å². The Morgan fingerprint density at radius 3 is 2.46 bits per heavy atom. The summed E-state index contributed by atoms with van der Waals surface area (Å²) in [7, 11) is 0. The van der Waals surface area contributed by atoms with Gasteiger partial charge in [0.2, 0.25) is 0 Å². The van der Waals surface area contributed by atoms with Gasteiger partial charge in [0.05, 0.1) is 0 Å². The molecule has 1 aromatic carbocycles. The fraction of sp³-hybridized carbons (Fsp3) is 0.100. The highest BCUT2D eigenvalue weighted by atomic mass is 16.3. The number of phenolic OH excluding ortho intramolecular Hbond substituents is 2. The number of aromatic hydroxyl groups is 2. The molecular weight excluding hydrogens is 166 g/mol. The minimum atomic E-state index is 0.0940. The second kappa shape index (κ2) is 2.62. The van der Waals surface area contributed by atoms with E-state index in [9.17, 15) is 10.2 Å². The molecule has 13 heavy (non-hydrogen) atoms. The van der Waals surface area contributed by atoms with E-state index in [0.29, 0.717) is 10.9 Å². The maximum absolute atomic E-state index is 9.45. The Hall–Kier alpha value is -1.77. The summed E-state index contributed by atoms with van der Waals surface area (Å²) in [6.45, 7) is 1.84. The number of phenols is 2. The summed E-state index contributed by atoms with van der Waals surface area (Å²) < 4.78 is 0. The van der Waals surface area contributed by atoms with Crippen molar-refractivity contribution in [1.82, 2.24) is 4.98 Å². The lowest BCUT2D eigenvalue weighted by Crippen LogP contribution is -1.83. The van der Waals surface area contributed by atoms with Crippen LogP contribution in [0.4, 0.5) is 0 Å². The Morgan fingerprint density at radius 2 is 1.69 bits per heavy atom. The summed E-state index contributed by atoms with van der Waals surface area (Å²) in [6.07, 6.45) is 0. The first kappa shape index (κ1) is 7.86. The number of nitrogens with zero attached hydrogens (tertiary/aromatic N) is 1. The monoisotopic (exact) mass is 175 g/mol. The highest BCUT2D eigenvalue weighted by molar-refractivity contribution is 5.89. The van der Waals surface area contributed by atoms with Crippen LogP contribution in [-0.2, 0) is 0 Å². The SMILES string of the molecule is Cc1ccc2c(O)ccc(O)c2n1. The van der Waals surface area contributed by atoms with Crippen molar-refractivity contribution < 1.29 is 10.2 Å². The maximum Gasteiger partial charge on any atom is 0.142 e. The van der Waals surface area contributed by atoms with Crippen LogP contribution < -0.4 is 0 Å². The van der Waals surface area contributed by atoms with Crippen molar-refractivity contribution in [3.05, 3.63) is 30.0 Å². The fourth-order valence-electron chi connectivity index (χ4n) is 1.29. The largest absolute Gasteiger partial charge is 0.507 e. The molecule has 1 aromatic heterocycles. The third-order valence-electron chi connectivity index (χ3n) is 1.95. The van der Waals surface area contributed by atoms with Gasteiger partial charge in [0, 0.05) is 11.1 Å². The Balaban J connectivity index is 2.92. The van der Waals surface area contributed by atoms with Gasteiger partial charge in [-0.15, -0.1) is 0 Å². The van der Waals surface area contributed by atoms with Gasteiger partial charge in [-0.2, -0.15) is 0 Å². The lowest BCUT2D eigenvalue weighted by Gasteiger charge is -2.02. The van der Waals surface area contributed by atoms with E-state index in [0.717, 1.165) is 5.69 Å². The molecule has 2 aromatic rings. The number of fused-ring (bicyclic) bond motifs is 1. The van der Waals surface area contributed by atoms with Gasteiger partial charge in [-0.1, -0.05) is 0 Å². The normalized spacial score (nSPS) is 10.5. The highest BCUT2D eigenvalue weighted by Crippen LogP contribution is 2.29. The molecule has 0 aliphatic carbocycles. The van der Waals surface area contributed by atoms with E-state index in [4.69, 9.17) is 0 Å². The molecule has 0 amide bonds. The fourth-order valence-corrected chi connectivity index (χ4v) is 1.29. The van der Waals surface area contributed by atoms with E-state index >= 15 is 0 Å². The number of aryl methyl sites for hydroxylation is 1. The average molecular weight is 175 g/mol. The molecule has 0 atom stereocenters. The van der Waals surface area contributed by atoms with Gasteiger partial charge in [-0.05, 0) is 31.2 Å². The molecule has 66 valence electrons. The first-order valence-corrected chi connectivity index (χ1v) is 3.97. The zero-order valence-corrected chi connectivity index (χ0v) is 7.15. The van der Waals surface area contributed by atoms with Crippen LogP contribution in [0, 0.1) is 6.92 Å². The molecule has 0 unspecified atom stereocenters. The average Bonchev–Trinajstić information content (AvgIpc) is 2.12. The molecule has 0 fully saturated rings. The predicted molar refractivity (Wildman–Crippen MR) is 49.8 cm³/mol. The van der Waals surface area contributed by atoms with Gasteiger partial charge in [-0.25, -0.2) is 4.98 Å². The van der Waals surface area contributed by atoms with E-state index in [-0.39, 0.29) is 11.5 Å². The molecule has 0 bridgehead atoms. The van der Waals surface area contributed by atoms with Crippen LogP contribution in [0.15, 0.2) is 24.3 Å². The van der Waals surface area contributed by atoms with Crippen LogP contribution in [-0.4, -0.2) is 15.2 Å². The molecule has 3 nitrogen and oxygen atoms in total. The zero-order valence-electron chi connectivity index (χ0n) is 7.15. The summed E-state index contributed by atoms with van der Waals surface area (Å²) in [5.41, 5.74) is 1.26.